The van der Waals surface area contributed by atoms with E-state index in [1.165, 1.54) is 14.2 Å². The van der Waals surface area contributed by atoms with Gasteiger partial charge < -0.3 is 57.7 Å². The minimum Gasteiger partial charge on any atom is -0.458 e. The predicted molar refractivity (Wildman–Crippen MR) is 194 cm³/mol. The SMILES string of the molecule is CCC1OC(=O)[C@H](C)C(O[C@H]2C[C@@](C)(OC)[C@@H](O)[C@H](C)O2)[C@H](C)[C@@H](O[C@@H]2O[C@H](C)C[C@H](N(C)C)[C@H]2O)[C@](C)(OC)C[C@@H](C)C(=O)[C@H](C)[C@H]2OC(=O)O[C@]12C. The zero-order valence-electron chi connectivity index (χ0n) is 34.7. The molecule has 0 aromatic carbocycles. The van der Waals surface area contributed by atoms with E-state index in [4.69, 9.17) is 42.6 Å². The Labute approximate surface area is 320 Å². The van der Waals surface area contributed by atoms with Gasteiger partial charge in [-0.15, -0.1) is 0 Å². The van der Waals surface area contributed by atoms with E-state index in [2.05, 4.69) is 0 Å². The van der Waals surface area contributed by atoms with Crippen LogP contribution < -0.4 is 0 Å². The molecule has 0 saturated carbocycles. The highest BCUT2D eigenvalue weighted by Gasteiger charge is 2.59. The molecule has 0 spiro atoms. The Bertz CT molecular complexity index is 1320. The zero-order chi connectivity index (χ0) is 40.7. The van der Waals surface area contributed by atoms with Gasteiger partial charge in [0.1, 0.15) is 24.1 Å². The van der Waals surface area contributed by atoms with Crippen molar-refractivity contribution in [2.75, 3.05) is 28.3 Å². The minimum absolute atomic E-state index is 0.133. The number of likely N-dealkylation sites (N-methyl/N-ethyl adjacent to an activating group) is 1. The summed E-state index contributed by atoms with van der Waals surface area (Å²) in [5.74, 6) is -4.04. The van der Waals surface area contributed by atoms with Gasteiger partial charge in [-0.3, -0.25) is 9.59 Å². The molecule has 15 heteroatoms. The van der Waals surface area contributed by atoms with E-state index < -0.39 is 108 Å². The Morgan fingerprint density at radius 2 is 1.48 bits per heavy atom. The third-order valence-electron chi connectivity index (χ3n) is 12.7. The van der Waals surface area contributed by atoms with Crippen LogP contribution in [0.15, 0.2) is 0 Å². The van der Waals surface area contributed by atoms with E-state index >= 15 is 0 Å². The second kappa shape index (κ2) is 17.3. The molecule has 4 heterocycles. The van der Waals surface area contributed by atoms with Crippen LogP contribution in [0.1, 0.15) is 94.9 Å². The van der Waals surface area contributed by atoms with Crippen LogP contribution in [0, 0.1) is 23.7 Å². The summed E-state index contributed by atoms with van der Waals surface area (Å²) in [4.78, 5) is 43.3. The van der Waals surface area contributed by atoms with Crippen molar-refractivity contribution in [2.24, 2.45) is 23.7 Å². The second-order valence-electron chi connectivity index (χ2n) is 17.0. The average Bonchev–Trinajstić information content (AvgIpc) is 3.43. The fourth-order valence-corrected chi connectivity index (χ4v) is 9.20. The number of aliphatic hydroxyl groups excluding tert-OH is 2. The van der Waals surface area contributed by atoms with Gasteiger partial charge in [-0.2, -0.15) is 0 Å². The van der Waals surface area contributed by atoms with E-state index in [9.17, 15) is 24.6 Å². The Morgan fingerprint density at radius 1 is 0.852 bits per heavy atom. The van der Waals surface area contributed by atoms with Crippen LogP contribution in [-0.4, -0.2) is 146 Å². The molecule has 4 fully saturated rings. The molecular formula is C39H67NO14. The topological polar surface area (TPSA) is 178 Å². The van der Waals surface area contributed by atoms with Crippen molar-refractivity contribution in [3.05, 3.63) is 0 Å². The zero-order valence-corrected chi connectivity index (χ0v) is 34.7. The molecule has 2 unspecified atom stereocenters. The van der Waals surface area contributed by atoms with E-state index in [-0.39, 0.29) is 37.2 Å². The fourth-order valence-electron chi connectivity index (χ4n) is 9.20. The van der Waals surface area contributed by atoms with Gasteiger partial charge in [0.05, 0.1) is 47.5 Å². The van der Waals surface area contributed by atoms with Gasteiger partial charge >= 0.3 is 12.1 Å². The lowest BCUT2D eigenvalue weighted by molar-refractivity contribution is -0.319. The van der Waals surface area contributed by atoms with E-state index in [1.807, 2.05) is 39.8 Å². The number of esters is 1. The first kappa shape index (κ1) is 44.8. The summed E-state index contributed by atoms with van der Waals surface area (Å²) in [5.41, 5.74) is -3.73. The Morgan fingerprint density at radius 3 is 2.06 bits per heavy atom. The number of methoxy groups -OCH3 is 2. The normalized spacial score (nSPS) is 48.4. The average molecular weight is 774 g/mol. The van der Waals surface area contributed by atoms with Crippen molar-refractivity contribution >= 4 is 17.9 Å². The van der Waals surface area contributed by atoms with Crippen LogP contribution in [0.5, 0.6) is 0 Å². The monoisotopic (exact) mass is 773 g/mol. The number of ether oxygens (including phenoxy) is 9. The number of ketones is 1. The lowest BCUT2D eigenvalue weighted by atomic mass is 9.74. The van der Waals surface area contributed by atoms with Gasteiger partial charge in [0.2, 0.25) is 0 Å². The predicted octanol–water partition coefficient (Wildman–Crippen LogP) is 3.62. The number of cyclic esters (lactones) is 1. The molecule has 4 aliphatic rings. The first-order valence-corrected chi connectivity index (χ1v) is 19.5. The molecule has 0 amide bonds. The molecule has 15 nitrogen and oxygen atoms in total. The van der Waals surface area contributed by atoms with Gasteiger partial charge in [-0.1, -0.05) is 27.7 Å². The highest BCUT2D eigenvalue weighted by molar-refractivity contribution is 5.84. The summed E-state index contributed by atoms with van der Waals surface area (Å²) < 4.78 is 55.7. The fraction of sp³-hybridized carbons (Fsp3) is 0.923. The molecule has 0 aromatic rings. The highest BCUT2D eigenvalue weighted by atomic mass is 16.8. The van der Waals surface area contributed by atoms with Gasteiger partial charge in [0, 0.05) is 38.5 Å². The number of Topliss-reactive ketones (excluding diaryl/α,β-unsaturated/α-hetero) is 1. The molecule has 4 aliphatic heterocycles. The van der Waals surface area contributed by atoms with Gasteiger partial charge in [-0.25, -0.2) is 4.79 Å². The minimum atomic E-state index is -1.47. The van der Waals surface area contributed by atoms with Crippen molar-refractivity contribution in [1.82, 2.24) is 4.90 Å². The van der Waals surface area contributed by atoms with E-state index in [0.717, 1.165) is 0 Å². The van der Waals surface area contributed by atoms with Crippen molar-refractivity contribution in [3.8, 4) is 0 Å². The van der Waals surface area contributed by atoms with Crippen molar-refractivity contribution < 1.29 is 67.2 Å². The van der Waals surface area contributed by atoms with Crippen LogP contribution in [0.4, 0.5) is 4.79 Å². The van der Waals surface area contributed by atoms with Crippen molar-refractivity contribution in [1.29, 1.82) is 0 Å². The maximum atomic E-state index is 14.4. The Hall–Kier alpha value is -1.95. The summed E-state index contributed by atoms with van der Waals surface area (Å²) in [7, 11) is 6.80. The maximum absolute atomic E-state index is 14.4. The summed E-state index contributed by atoms with van der Waals surface area (Å²) in [6, 6.07) is -0.282. The summed E-state index contributed by atoms with van der Waals surface area (Å²) >= 11 is 0. The Balaban J connectivity index is 1.87. The van der Waals surface area contributed by atoms with Crippen LogP contribution in [0.25, 0.3) is 0 Å². The molecule has 54 heavy (non-hydrogen) atoms. The number of rotatable bonds is 8. The number of hydrogen-bond acceptors (Lipinski definition) is 15. The quantitative estimate of drug-likeness (QED) is 0.342. The molecule has 0 radical (unpaired) electrons. The highest BCUT2D eigenvalue weighted by Crippen LogP contribution is 2.44. The van der Waals surface area contributed by atoms with Crippen LogP contribution in [0.2, 0.25) is 0 Å². The van der Waals surface area contributed by atoms with Crippen LogP contribution >= 0.6 is 0 Å². The number of carbonyl (C=O) groups is 3. The molecule has 18 atom stereocenters. The summed E-state index contributed by atoms with van der Waals surface area (Å²) in [6.07, 6.45) is -8.80. The molecule has 2 N–H and O–H groups in total. The standard InChI is InChI=1S/C39H67NO14/c1-15-26-39(10)33(53-36(45)54-39)21(4)28(41)19(2)17-38(9,47-14)32(52-35-29(42)25(40(11)12)16-20(3)48-35)22(5)30(23(6)34(44)50-26)51-27-18-37(8,46-13)31(43)24(7)49-27/h19-27,29-33,35,42-43H,15-18H2,1-14H3/t19-,20-,21+,22+,23-,24+,25+,26?,27+,29-,30?,31+,32-,33-,35+,37-,38-,39-/m1/s1. The lowest BCUT2D eigenvalue weighted by Gasteiger charge is -2.49. The molecule has 0 aromatic heterocycles. The smallest absolute Gasteiger partial charge is 0.458 e. The molecule has 312 valence electrons. The van der Waals surface area contributed by atoms with Gasteiger partial charge in [0.25, 0.3) is 0 Å². The number of carbonyl (C=O) groups excluding carboxylic acids is 3. The van der Waals surface area contributed by atoms with Gasteiger partial charge in [0.15, 0.2) is 24.3 Å². The number of fused-ring (bicyclic) bond motifs is 1. The van der Waals surface area contributed by atoms with Crippen molar-refractivity contribution in [2.45, 2.75) is 179 Å². The molecule has 4 saturated heterocycles. The summed E-state index contributed by atoms with van der Waals surface area (Å²) in [5, 5.41) is 22.6. The molecular weight excluding hydrogens is 706 g/mol. The Kier molecular flexibility index (Phi) is 14.3. The largest absolute Gasteiger partial charge is 0.509 e. The third kappa shape index (κ3) is 8.79. The third-order valence-corrected chi connectivity index (χ3v) is 12.7. The molecule has 0 bridgehead atoms. The first-order chi connectivity index (χ1) is 25.1. The number of nitrogens with zero attached hydrogens (tertiary/aromatic N) is 1. The maximum Gasteiger partial charge on any atom is 0.509 e. The molecule has 0 aliphatic carbocycles. The van der Waals surface area contributed by atoms with Crippen LogP contribution in [-0.2, 0) is 52.2 Å². The van der Waals surface area contributed by atoms with E-state index in [0.29, 0.717) is 6.42 Å². The molecule has 4 rings (SSSR count). The number of hydrogen-bond donors (Lipinski definition) is 2. The second-order valence-corrected chi connectivity index (χ2v) is 17.0. The lowest BCUT2D eigenvalue weighted by Crippen LogP contribution is -2.61. The van der Waals surface area contributed by atoms with Crippen LogP contribution in [0.3, 0.4) is 0 Å². The van der Waals surface area contributed by atoms with E-state index in [1.54, 1.807) is 48.5 Å². The first-order valence-electron chi connectivity index (χ1n) is 19.5. The summed E-state index contributed by atoms with van der Waals surface area (Å²) in [6.45, 7) is 17.7. The number of aliphatic hydroxyl groups is 2. The van der Waals surface area contributed by atoms with Gasteiger partial charge in [-0.05, 0) is 74.9 Å². The van der Waals surface area contributed by atoms with Crippen molar-refractivity contribution in [3.63, 3.8) is 0 Å².